The Morgan fingerprint density at radius 3 is 2.70 bits per heavy atom. The van der Waals surface area contributed by atoms with E-state index in [9.17, 15) is 0 Å². The molecule has 0 saturated carbocycles. The minimum Gasteiger partial charge on any atom is -0.312 e. The van der Waals surface area contributed by atoms with E-state index in [1.54, 1.807) is 0 Å². The zero-order valence-electron chi connectivity index (χ0n) is 12.5. The number of hydrogen-bond donors (Lipinski definition) is 1. The third kappa shape index (κ3) is 2.87. The first-order chi connectivity index (χ1) is 9.76. The maximum absolute atomic E-state index is 3.48. The van der Waals surface area contributed by atoms with Crippen molar-refractivity contribution in [3.63, 3.8) is 0 Å². The van der Waals surface area contributed by atoms with Crippen LogP contribution in [0.2, 0.25) is 0 Å². The fraction of sp³-hybridized carbons (Fsp3) is 0.444. The van der Waals surface area contributed by atoms with Crippen molar-refractivity contribution in [3.05, 3.63) is 48.0 Å². The number of likely N-dealkylation sites (N-methyl/N-ethyl adjacent to an activating group) is 1. The highest BCUT2D eigenvalue weighted by Crippen LogP contribution is 2.23. The van der Waals surface area contributed by atoms with Crippen LogP contribution in [-0.2, 0) is 0 Å². The van der Waals surface area contributed by atoms with Crippen LogP contribution in [0, 0.1) is 5.92 Å². The van der Waals surface area contributed by atoms with Gasteiger partial charge in [-0.2, -0.15) is 0 Å². The van der Waals surface area contributed by atoms with Crippen LogP contribution in [0.25, 0.3) is 10.8 Å². The molecule has 0 bridgehead atoms. The summed E-state index contributed by atoms with van der Waals surface area (Å²) in [6, 6.07) is 15.8. The molecule has 106 valence electrons. The molecule has 0 spiro atoms. The molecule has 20 heavy (non-hydrogen) atoms. The highest BCUT2D eigenvalue weighted by Gasteiger charge is 2.21. The van der Waals surface area contributed by atoms with Gasteiger partial charge in [0.15, 0.2) is 0 Å². The highest BCUT2D eigenvalue weighted by molar-refractivity contribution is 5.83. The first-order valence-electron chi connectivity index (χ1n) is 7.64. The fourth-order valence-electron chi connectivity index (χ4n) is 3.24. The van der Waals surface area contributed by atoms with E-state index in [0.29, 0.717) is 6.04 Å². The summed E-state index contributed by atoms with van der Waals surface area (Å²) >= 11 is 0. The molecule has 2 atom stereocenters. The van der Waals surface area contributed by atoms with E-state index in [1.807, 2.05) is 0 Å². The van der Waals surface area contributed by atoms with Gasteiger partial charge in [-0.15, -0.1) is 0 Å². The van der Waals surface area contributed by atoms with Crippen molar-refractivity contribution < 1.29 is 0 Å². The van der Waals surface area contributed by atoms with Crippen LogP contribution in [-0.4, -0.2) is 31.6 Å². The van der Waals surface area contributed by atoms with E-state index in [4.69, 9.17) is 0 Å². The van der Waals surface area contributed by atoms with Crippen LogP contribution in [0.4, 0.5) is 0 Å². The Hall–Kier alpha value is -1.38. The van der Waals surface area contributed by atoms with Gasteiger partial charge >= 0.3 is 0 Å². The molecule has 0 aromatic heterocycles. The maximum Gasteiger partial charge on any atom is 0.0447 e. The van der Waals surface area contributed by atoms with Crippen LogP contribution in [0.15, 0.2) is 42.5 Å². The van der Waals surface area contributed by atoms with Gasteiger partial charge in [-0.25, -0.2) is 0 Å². The first-order valence-corrected chi connectivity index (χ1v) is 7.64. The van der Waals surface area contributed by atoms with Crippen molar-refractivity contribution in [1.82, 2.24) is 10.2 Å². The minimum absolute atomic E-state index is 0.421. The summed E-state index contributed by atoms with van der Waals surface area (Å²) in [5.74, 6) is 0.851. The van der Waals surface area contributed by atoms with E-state index in [-0.39, 0.29) is 0 Å². The molecule has 1 fully saturated rings. The van der Waals surface area contributed by atoms with Gasteiger partial charge in [-0.1, -0.05) is 43.3 Å². The molecule has 2 aromatic carbocycles. The lowest BCUT2D eigenvalue weighted by Crippen LogP contribution is -2.32. The Bertz CT molecular complexity index is 578. The minimum atomic E-state index is 0.421. The van der Waals surface area contributed by atoms with Gasteiger partial charge in [0.1, 0.15) is 0 Å². The van der Waals surface area contributed by atoms with Crippen molar-refractivity contribution in [3.8, 4) is 0 Å². The van der Waals surface area contributed by atoms with Crippen molar-refractivity contribution in [2.24, 2.45) is 5.92 Å². The molecule has 0 aliphatic carbocycles. The largest absolute Gasteiger partial charge is 0.312 e. The first kappa shape index (κ1) is 13.6. The quantitative estimate of drug-likeness (QED) is 0.913. The lowest BCUT2D eigenvalue weighted by atomic mass is 10.0. The maximum atomic E-state index is 3.48. The van der Waals surface area contributed by atoms with Gasteiger partial charge in [0.2, 0.25) is 0 Å². The number of nitrogens with one attached hydrogen (secondary N) is 1. The van der Waals surface area contributed by atoms with Gasteiger partial charge in [0.25, 0.3) is 0 Å². The molecule has 1 heterocycles. The number of likely N-dealkylation sites (tertiary alicyclic amines) is 1. The molecule has 2 aromatic rings. The molecule has 1 saturated heterocycles. The molecular formula is C18H24N2. The van der Waals surface area contributed by atoms with E-state index in [0.717, 1.165) is 12.5 Å². The Kier molecular flexibility index (Phi) is 4.04. The summed E-state index contributed by atoms with van der Waals surface area (Å²) in [6.07, 6.45) is 1.34. The van der Waals surface area contributed by atoms with Crippen LogP contribution in [0.3, 0.4) is 0 Å². The molecule has 1 N–H and O–H groups in total. The molecule has 1 aliphatic rings. The second-order valence-corrected chi connectivity index (χ2v) is 6.10. The van der Waals surface area contributed by atoms with Gasteiger partial charge in [-0.05, 0) is 48.3 Å². The molecule has 2 heteroatoms. The van der Waals surface area contributed by atoms with Crippen LogP contribution < -0.4 is 5.32 Å². The van der Waals surface area contributed by atoms with E-state index in [1.165, 1.54) is 35.8 Å². The third-order valence-corrected chi connectivity index (χ3v) is 4.47. The average Bonchev–Trinajstić information content (AvgIpc) is 2.89. The Balaban J connectivity index is 1.79. The van der Waals surface area contributed by atoms with Crippen molar-refractivity contribution in [2.45, 2.75) is 19.4 Å². The molecule has 3 rings (SSSR count). The Morgan fingerprint density at radius 2 is 2.00 bits per heavy atom. The van der Waals surface area contributed by atoms with E-state index < -0.39 is 0 Å². The van der Waals surface area contributed by atoms with Crippen molar-refractivity contribution in [1.29, 1.82) is 0 Å². The average molecular weight is 268 g/mol. The summed E-state index contributed by atoms with van der Waals surface area (Å²) < 4.78 is 0. The summed E-state index contributed by atoms with van der Waals surface area (Å²) in [4.78, 5) is 2.58. The predicted octanol–water partition coefficient (Wildman–Crippen LogP) is 3.44. The number of fused-ring (bicyclic) bond motifs is 1. The number of rotatable bonds is 4. The van der Waals surface area contributed by atoms with Crippen LogP contribution >= 0.6 is 0 Å². The van der Waals surface area contributed by atoms with E-state index in [2.05, 4.69) is 66.7 Å². The SMILES string of the molecule is CNC(CN1CCC(C)C1)c1ccc2ccccc2c1. The smallest absolute Gasteiger partial charge is 0.0447 e. The zero-order valence-corrected chi connectivity index (χ0v) is 12.5. The van der Waals surface area contributed by atoms with Crippen molar-refractivity contribution in [2.75, 3.05) is 26.7 Å². The van der Waals surface area contributed by atoms with Gasteiger partial charge in [0.05, 0.1) is 0 Å². The second-order valence-electron chi connectivity index (χ2n) is 6.10. The molecular weight excluding hydrogens is 244 g/mol. The Morgan fingerprint density at radius 1 is 1.20 bits per heavy atom. The van der Waals surface area contributed by atoms with Crippen molar-refractivity contribution >= 4 is 10.8 Å². The molecule has 0 radical (unpaired) electrons. The lowest BCUT2D eigenvalue weighted by molar-refractivity contribution is 0.291. The summed E-state index contributed by atoms with van der Waals surface area (Å²) in [7, 11) is 2.07. The third-order valence-electron chi connectivity index (χ3n) is 4.47. The van der Waals surface area contributed by atoms with Crippen LogP contribution in [0.5, 0.6) is 0 Å². The molecule has 2 unspecified atom stereocenters. The zero-order chi connectivity index (χ0) is 13.9. The number of benzene rings is 2. The highest BCUT2D eigenvalue weighted by atomic mass is 15.2. The normalized spacial score (nSPS) is 21.4. The van der Waals surface area contributed by atoms with Gasteiger partial charge < -0.3 is 10.2 Å². The summed E-state index contributed by atoms with van der Waals surface area (Å²) in [5.41, 5.74) is 1.39. The predicted molar refractivity (Wildman–Crippen MR) is 86.0 cm³/mol. The second kappa shape index (κ2) is 5.94. The monoisotopic (exact) mass is 268 g/mol. The topological polar surface area (TPSA) is 15.3 Å². The summed E-state index contributed by atoms with van der Waals surface area (Å²) in [6.45, 7) is 5.95. The molecule has 2 nitrogen and oxygen atoms in total. The van der Waals surface area contributed by atoms with Crippen LogP contribution in [0.1, 0.15) is 24.9 Å². The molecule has 0 amide bonds. The summed E-state index contributed by atoms with van der Waals surface area (Å²) in [5, 5.41) is 6.14. The van der Waals surface area contributed by atoms with Gasteiger partial charge in [-0.3, -0.25) is 0 Å². The van der Waals surface area contributed by atoms with Gasteiger partial charge in [0, 0.05) is 19.1 Å². The Labute approximate surface area is 121 Å². The molecule has 1 aliphatic heterocycles. The standard InChI is InChI=1S/C18H24N2/c1-14-9-10-20(12-14)13-18(19-2)17-8-7-15-5-3-4-6-16(15)11-17/h3-8,11,14,18-19H,9-10,12-13H2,1-2H3. The van der Waals surface area contributed by atoms with E-state index >= 15 is 0 Å². The lowest BCUT2D eigenvalue weighted by Gasteiger charge is -2.24. The number of hydrogen-bond acceptors (Lipinski definition) is 2. The number of nitrogens with zero attached hydrogens (tertiary/aromatic N) is 1. The fourth-order valence-corrected chi connectivity index (χ4v) is 3.24.